The molecule has 0 fully saturated rings. The fraction of sp³-hybridized carbons (Fsp3) is 0.600. The lowest BCUT2D eigenvalue weighted by Crippen LogP contribution is -2.26. The van der Waals surface area contributed by atoms with Crippen LogP contribution in [0.1, 0.15) is 38.3 Å². The van der Waals surface area contributed by atoms with E-state index < -0.39 is 9.84 Å². The standard InChI is InChI=1S/C15H25NO3S/c1-4-10-16-15(12-19-11-5-2)13-6-8-14(9-7-13)20(3,17)18/h6-9,15-16H,4-5,10-12H2,1-3H3. The van der Waals surface area contributed by atoms with Gasteiger partial charge in [0.2, 0.25) is 0 Å². The molecule has 0 amide bonds. The second-order valence-electron chi connectivity index (χ2n) is 4.92. The third-order valence-corrected chi connectivity index (χ3v) is 4.11. The molecule has 1 unspecified atom stereocenters. The van der Waals surface area contributed by atoms with E-state index in [1.165, 1.54) is 6.26 Å². The van der Waals surface area contributed by atoms with Crippen LogP contribution in [0, 0.1) is 0 Å². The summed E-state index contributed by atoms with van der Waals surface area (Å²) in [6.45, 7) is 6.45. The van der Waals surface area contributed by atoms with E-state index in [1.807, 2.05) is 12.1 Å². The Morgan fingerprint density at radius 3 is 2.30 bits per heavy atom. The zero-order chi connectivity index (χ0) is 15.0. The lowest BCUT2D eigenvalue weighted by atomic mass is 10.1. The van der Waals surface area contributed by atoms with Crippen molar-refractivity contribution in [1.29, 1.82) is 0 Å². The molecule has 0 saturated heterocycles. The summed E-state index contributed by atoms with van der Waals surface area (Å²) in [5.41, 5.74) is 1.06. The Balaban J connectivity index is 2.78. The molecule has 0 aliphatic carbocycles. The van der Waals surface area contributed by atoms with Crippen LogP contribution >= 0.6 is 0 Å². The molecule has 0 aliphatic heterocycles. The predicted molar refractivity (Wildman–Crippen MR) is 81.7 cm³/mol. The van der Waals surface area contributed by atoms with Crippen molar-refractivity contribution in [1.82, 2.24) is 5.32 Å². The molecule has 1 N–H and O–H groups in total. The maximum absolute atomic E-state index is 11.5. The van der Waals surface area contributed by atoms with Crippen LogP contribution in [0.15, 0.2) is 29.2 Å². The zero-order valence-corrected chi connectivity index (χ0v) is 13.4. The largest absolute Gasteiger partial charge is 0.379 e. The van der Waals surface area contributed by atoms with E-state index >= 15 is 0 Å². The lowest BCUT2D eigenvalue weighted by molar-refractivity contribution is 0.112. The van der Waals surface area contributed by atoms with Gasteiger partial charge in [-0.3, -0.25) is 0 Å². The third-order valence-electron chi connectivity index (χ3n) is 2.98. The van der Waals surface area contributed by atoms with Crippen molar-refractivity contribution in [2.45, 2.75) is 37.6 Å². The quantitative estimate of drug-likeness (QED) is 0.712. The first-order chi connectivity index (χ1) is 9.49. The van der Waals surface area contributed by atoms with E-state index in [0.717, 1.165) is 31.6 Å². The van der Waals surface area contributed by atoms with Crippen LogP contribution in [-0.2, 0) is 14.6 Å². The summed E-state index contributed by atoms with van der Waals surface area (Å²) < 4.78 is 28.5. The molecule has 114 valence electrons. The van der Waals surface area contributed by atoms with Crippen molar-refractivity contribution in [2.24, 2.45) is 0 Å². The number of benzene rings is 1. The molecule has 4 nitrogen and oxygen atoms in total. The van der Waals surface area contributed by atoms with Crippen molar-refractivity contribution in [2.75, 3.05) is 26.0 Å². The van der Waals surface area contributed by atoms with Gasteiger partial charge < -0.3 is 10.1 Å². The van der Waals surface area contributed by atoms with Gasteiger partial charge in [0.15, 0.2) is 9.84 Å². The summed E-state index contributed by atoms with van der Waals surface area (Å²) in [4.78, 5) is 0.352. The van der Waals surface area contributed by atoms with Crippen LogP contribution in [0.4, 0.5) is 0 Å². The second-order valence-corrected chi connectivity index (χ2v) is 6.94. The monoisotopic (exact) mass is 299 g/mol. The maximum atomic E-state index is 11.5. The van der Waals surface area contributed by atoms with Gasteiger partial charge in [-0.15, -0.1) is 0 Å². The Hall–Kier alpha value is -0.910. The summed E-state index contributed by atoms with van der Waals surface area (Å²) in [5.74, 6) is 0. The average molecular weight is 299 g/mol. The number of sulfone groups is 1. The van der Waals surface area contributed by atoms with Gasteiger partial charge in [-0.2, -0.15) is 0 Å². The van der Waals surface area contributed by atoms with Crippen LogP contribution < -0.4 is 5.32 Å². The van der Waals surface area contributed by atoms with E-state index in [2.05, 4.69) is 19.2 Å². The van der Waals surface area contributed by atoms with Crippen molar-refractivity contribution in [3.8, 4) is 0 Å². The van der Waals surface area contributed by atoms with Crippen LogP contribution in [0.5, 0.6) is 0 Å². The van der Waals surface area contributed by atoms with Gasteiger partial charge in [0, 0.05) is 12.9 Å². The highest BCUT2D eigenvalue weighted by atomic mass is 32.2. The van der Waals surface area contributed by atoms with Crippen molar-refractivity contribution in [3.05, 3.63) is 29.8 Å². The third kappa shape index (κ3) is 5.61. The molecule has 0 bridgehead atoms. The SMILES string of the molecule is CCCNC(COCCC)c1ccc(S(C)(=O)=O)cc1. The minimum Gasteiger partial charge on any atom is -0.379 e. The molecule has 20 heavy (non-hydrogen) atoms. The second kappa shape index (κ2) is 8.39. The minimum atomic E-state index is -3.13. The summed E-state index contributed by atoms with van der Waals surface area (Å²) in [6.07, 6.45) is 3.26. The van der Waals surface area contributed by atoms with Crippen molar-refractivity contribution in [3.63, 3.8) is 0 Å². The molecular weight excluding hydrogens is 274 g/mol. The molecule has 0 aromatic heterocycles. The molecule has 1 atom stereocenters. The first kappa shape index (κ1) is 17.1. The average Bonchev–Trinajstić information content (AvgIpc) is 2.42. The van der Waals surface area contributed by atoms with Gasteiger partial charge in [-0.1, -0.05) is 26.0 Å². The number of rotatable bonds is 9. The summed E-state index contributed by atoms with van der Waals surface area (Å²) >= 11 is 0. The molecule has 0 aliphatic rings. The molecule has 1 rings (SSSR count). The van der Waals surface area contributed by atoms with Crippen LogP contribution in [0.25, 0.3) is 0 Å². The number of hydrogen-bond acceptors (Lipinski definition) is 4. The van der Waals surface area contributed by atoms with E-state index in [1.54, 1.807) is 12.1 Å². The first-order valence-electron chi connectivity index (χ1n) is 7.10. The van der Waals surface area contributed by atoms with Crippen LogP contribution in [0.3, 0.4) is 0 Å². The van der Waals surface area contributed by atoms with Crippen LogP contribution in [0.2, 0.25) is 0 Å². The smallest absolute Gasteiger partial charge is 0.175 e. The van der Waals surface area contributed by atoms with Gasteiger partial charge in [0.05, 0.1) is 17.5 Å². The van der Waals surface area contributed by atoms with Gasteiger partial charge >= 0.3 is 0 Å². The van der Waals surface area contributed by atoms with Crippen LogP contribution in [-0.4, -0.2) is 34.4 Å². The van der Waals surface area contributed by atoms with E-state index in [4.69, 9.17) is 4.74 Å². The molecule has 1 aromatic rings. The maximum Gasteiger partial charge on any atom is 0.175 e. The fourth-order valence-corrected chi connectivity index (χ4v) is 2.51. The summed E-state index contributed by atoms with van der Waals surface area (Å²) in [5, 5.41) is 3.43. The normalized spacial score (nSPS) is 13.3. The van der Waals surface area contributed by atoms with Crippen molar-refractivity contribution < 1.29 is 13.2 Å². The first-order valence-corrected chi connectivity index (χ1v) is 8.99. The van der Waals surface area contributed by atoms with Crippen molar-refractivity contribution >= 4 is 9.84 Å². The molecule has 1 aromatic carbocycles. The summed E-state index contributed by atoms with van der Waals surface area (Å²) in [7, 11) is -3.13. The van der Waals surface area contributed by atoms with E-state index in [-0.39, 0.29) is 6.04 Å². The lowest BCUT2D eigenvalue weighted by Gasteiger charge is -2.19. The minimum absolute atomic E-state index is 0.107. The topological polar surface area (TPSA) is 55.4 Å². The highest BCUT2D eigenvalue weighted by Gasteiger charge is 2.12. The highest BCUT2D eigenvalue weighted by molar-refractivity contribution is 7.90. The predicted octanol–water partition coefficient (Wildman–Crippen LogP) is 2.56. The van der Waals surface area contributed by atoms with E-state index in [0.29, 0.717) is 11.5 Å². The van der Waals surface area contributed by atoms with E-state index in [9.17, 15) is 8.42 Å². The number of nitrogens with one attached hydrogen (secondary N) is 1. The fourth-order valence-electron chi connectivity index (χ4n) is 1.88. The highest BCUT2D eigenvalue weighted by Crippen LogP contribution is 2.17. The molecule has 0 heterocycles. The van der Waals surface area contributed by atoms with Gasteiger partial charge in [-0.05, 0) is 37.1 Å². The molecule has 0 spiro atoms. The number of hydrogen-bond donors (Lipinski definition) is 1. The van der Waals surface area contributed by atoms with Gasteiger partial charge in [0.1, 0.15) is 0 Å². The summed E-state index contributed by atoms with van der Waals surface area (Å²) in [6, 6.07) is 7.14. The Kier molecular flexibility index (Phi) is 7.19. The molecular formula is C15H25NO3S. The molecule has 0 saturated carbocycles. The number of ether oxygens (including phenoxy) is 1. The van der Waals surface area contributed by atoms with Gasteiger partial charge in [0.25, 0.3) is 0 Å². The van der Waals surface area contributed by atoms with Gasteiger partial charge in [-0.25, -0.2) is 8.42 Å². The molecule has 0 radical (unpaired) electrons. The molecule has 5 heteroatoms. The Morgan fingerprint density at radius 1 is 1.15 bits per heavy atom. The Labute approximate surface area is 122 Å². The Morgan fingerprint density at radius 2 is 1.80 bits per heavy atom. The zero-order valence-electron chi connectivity index (χ0n) is 12.6. The Bertz CT molecular complexity index is 482.